The minimum Gasteiger partial charge on any atom is -0.468 e. The van der Waals surface area contributed by atoms with Crippen molar-refractivity contribution in [3.8, 4) is 0 Å². The van der Waals surface area contributed by atoms with Gasteiger partial charge in [0.2, 0.25) is 0 Å². The number of carbonyl (C=O) groups is 2. The third-order valence-electron chi connectivity index (χ3n) is 10.4. The molecule has 8 rings (SSSR count). The van der Waals surface area contributed by atoms with Crippen LogP contribution >= 0.6 is 0 Å². The van der Waals surface area contributed by atoms with E-state index in [-0.39, 0.29) is 17.9 Å². The Labute approximate surface area is 312 Å². The van der Waals surface area contributed by atoms with Gasteiger partial charge in [-0.3, -0.25) is 19.6 Å². The van der Waals surface area contributed by atoms with E-state index in [1.807, 2.05) is 52.1 Å². The van der Waals surface area contributed by atoms with Crippen LogP contribution in [-0.4, -0.2) is 102 Å². The molecule has 0 spiro atoms. The summed E-state index contributed by atoms with van der Waals surface area (Å²) >= 11 is 0. The minimum absolute atomic E-state index is 0.137. The van der Waals surface area contributed by atoms with E-state index in [1.54, 1.807) is 28.4 Å². The molecular weight excluding hydrogens is 674 g/mol. The number of aromatic nitrogens is 3. The number of nitrogens with one attached hydrogen (secondary N) is 2. The van der Waals surface area contributed by atoms with Crippen LogP contribution in [-0.2, 0) is 40.3 Å². The molecule has 14 nitrogen and oxygen atoms in total. The first-order valence-electron chi connectivity index (χ1n) is 19.0. The lowest BCUT2D eigenvalue weighted by atomic mass is 9.90. The van der Waals surface area contributed by atoms with Crippen LogP contribution in [0.25, 0.3) is 0 Å². The monoisotopic (exact) mass is 729 g/mol. The van der Waals surface area contributed by atoms with Gasteiger partial charge in [0.05, 0.1) is 56.2 Å². The van der Waals surface area contributed by atoms with E-state index in [0.717, 1.165) is 57.9 Å². The van der Waals surface area contributed by atoms with Crippen LogP contribution in [0.3, 0.4) is 0 Å². The summed E-state index contributed by atoms with van der Waals surface area (Å²) in [6.45, 7) is 18.7. The number of rotatable bonds is 8. The van der Waals surface area contributed by atoms with Crippen molar-refractivity contribution in [3.63, 3.8) is 0 Å². The normalized spacial score (nSPS) is 20.7. The number of nitrogens with zero attached hydrogens (tertiary/aromatic N) is 7. The molecule has 53 heavy (non-hydrogen) atoms. The number of carbonyl (C=O) groups excluding carboxylic acids is 2. The highest BCUT2D eigenvalue weighted by molar-refractivity contribution is 6.06. The maximum absolute atomic E-state index is 13.9. The van der Waals surface area contributed by atoms with Gasteiger partial charge in [-0.1, -0.05) is 41.5 Å². The number of hydrazine groups is 1. The number of esters is 1. The van der Waals surface area contributed by atoms with Crippen molar-refractivity contribution in [3.05, 3.63) is 71.1 Å². The summed E-state index contributed by atoms with van der Waals surface area (Å²) in [6.07, 6.45) is 7.10. The Morgan fingerprint density at radius 2 is 1.79 bits per heavy atom. The predicted octanol–water partition coefficient (Wildman–Crippen LogP) is 3.95. The van der Waals surface area contributed by atoms with Crippen molar-refractivity contribution < 1.29 is 24.2 Å². The van der Waals surface area contributed by atoms with Crippen LogP contribution in [0.1, 0.15) is 68.9 Å². The Morgan fingerprint density at radius 1 is 1.04 bits per heavy atom. The second-order valence-electron chi connectivity index (χ2n) is 14.2. The Kier molecular flexibility index (Phi) is 11.7. The second-order valence-corrected chi connectivity index (χ2v) is 14.2. The topological polar surface area (TPSA) is 141 Å². The first kappa shape index (κ1) is 38.2. The summed E-state index contributed by atoms with van der Waals surface area (Å²) in [6, 6.07) is 7.39. The van der Waals surface area contributed by atoms with Crippen molar-refractivity contribution in [2.45, 2.75) is 79.6 Å². The second kappa shape index (κ2) is 16.3. The van der Waals surface area contributed by atoms with Gasteiger partial charge in [0, 0.05) is 62.9 Å². The van der Waals surface area contributed by atoms with E-state index in [9.17, 15) is 14.7 Å². The number of anilines is 4. The van der Waals surface area contributed by atoms with Crippen molar-refractivity contribution in [1.29, 1.82) is 0 Å². The Balaban J connectivity index is 0.00000116. The summed E-state index contributed by atoms with van der Waals surface area (Å²) in [5.41, 5.74) is 9.12. The Morgan fingerprint density at radius 3 is 2.43 bits per heavy atom. The quantitative estimate of drug-likeness (QED) is 0.290. The molecule has 14 heteroatoms. The van der Waals surface area contributed by atoms with E-state index >= 15 is 0 Å². The van der Waals surface area contributed by atoms with Crippen molar-refractivity contribution in [2.24, 2.45) is 5.41 Å². The standard InChI is InChI=1S/C35H43N9O5.2C2H6/c1-35(2)15-22-14-28-33(46)43(13-12-42(28)29(22)16-35)32-25(19-45)27(6-7-36-32)44-18-26(31(39-44)34(47)48-3)38-30-5-4-23(17-37-30)40-8-10-41(11-9-40)24-20-49-21-24;2*1-2/h4-7,14,17-18,24,31,39,45H,8-13,15-16,19-21H2,1-3H3,(H,37,38);2*1-2H3. The highest BCUT2D eigenvalue weighted by atomic mass is 16.5. The smallest absolute Gasteiger partial charge is 0.330 e. The van der Waals surface area contributed by atoms with Crippen LogP contribution in [0.5, 0.6) is 0 Å². The average molecular weight is 730 g/mol. The molecular formula is C39H55N9O5. The third-order valence-corrected chi connectivity index (χ3v) is 10.4. The maximum atomic E-state index is 13.9. The van der Waals surface area contributed by atoms with Gasteiger partial charge >= 0.3 is 5.97 Å². The molecule has 1 atom stereocenters. The summed E-state index contributed by atoms with van der Waals surface area (Å²) in [4.78, 5) is 42.5. The number of hydrogen-bond acceptors (Lipinski definition) is 12. The number of aliphatic hydroxyl groups is 1. The van der Waals surface area contributed by atoms with Gasteiger partial charge in [-0.25, -0.2) is 20.2 Å². The molecule has 0 bridgehead atoms. The highest BCUT2D eigenvalue weighted by Gasteiger charge is 2.39. The Hall–Kier alpha value is -4.50. The Bertz CT molecular complexity index is 1790. The fraction of sp³-hybridized carbons (Fsp3) is 0.538. The van der Waals surface area contributed by atoms with Crippen LogP contribution < -0.4 is 25.6 Å². The molecule has 3 aromatic heterocycles. The number of methoxy groups -OCH3 is 1. The predicted molar refractivity (Wildman–Crippen MR) is 206 cm³/mol. The van der Waals surface area contributed by atoms with Gasteiger partial charge < -0.3 is 29.4 Å². The molecule has 0 aromatic carbocycles. The van der Waals surface area contributed by atoms with Crippen LogP contribution in [0, 0.1) is 5.41 Å². The molecule has 1 unspecified atom stereocenters. The van der Waals surface area contributed by atoms with E-state index in [4.69, 9.17) is 9.47 Å². The SMILES string of the molecule is CC.CC.COC(=O)C1NN(c2ccnc(N3CCn4c(cc5c4CC(C)(C)C5)C3=O)c2CO)C=C1Nc1ccc(N2CCN(C3COC3)CC2)cn1. The molecule has 286 valence electrons. The zero-order valence-corrected chi connectivity index (χ0v) is 32.2. The molecule has 1 aliphatic carbocycles. The first-order valence-corrected chi connectivity index (χ1v) is 19.0. The maximum Gasteiger partial charge on any atom is 0.330 e. The molecule has 0 saturated carbocycles. The number of hydrogen-bond donors (Lipinski definition) is 3. The third kappa shape index (κ3) is 7.50. The van der Waals surface area contributed by atoms with E-state index in [1.165, 1.54) is 18.4 Å². The van der Waals surface area contributed by atoms with Crippen LogP contribution in [0.15, 0.2) is 48.6 Å². The molecule has 3 N–H and O–H groups in total. The van der Waals surface area contributed by atoms with Crippen molar-refractivity contribution >= 4 is 34.9 Å². The number of piperazine rings is 1. The molecule has 7 heterocycles. The van der Waals surface area contributed by atoms with E-state index in [2.05, 4.69) is 48.9 Å². The van der Waals surface area contributed by atoms with Gasteiger partial charge in [0.25, 0.3) is 5.91 Å². The molecule has 4 aliphatic heterocycles. The van der Waals surface area contributed by atoms with Crippen molar-refractivity contribution in [1.82, 2.24) is 24.9 Å². The van der Waals surface area contributed by atoms with Gasteiger partial charge in [-0.15, -0.1) is 0 Å². The fourth-order valence-electron chi connectivity index (χ4n) is 7.77. The highest BCUT2D eigenvalue weighted by Crippen LogP contribution is 2.40. The molecule has 1 amide bonds. The van der Waals surface area contributed by atoms with Gasteiger partial charge in [0.15, 0.2) is 6.04 Å². The number of fused-ring (bicyclic) bond motifs is 3. The lowest BCUT2D eigenvalue weighted by molar-refractivity contribution is -0.141. The molecule has 2 saturated heterocycles. The van der Waals surface area contributed by atoms with Gasteiger partial charge in [-0.2, -0.15) is 0 Å². The van der Waals surface area contributed by atoms with Crippen LogP contribution in [0.4, 0.5) is 23.0 Å². The summed E-state index contributed by atoms with van der Waals surface area (Å²) in [7, 11) is 1.34. The van der Waals surface area contributed by atoms with Crippen molar-refractivity contribution in [2.75, 3.05) is 73.2 Å². The number of ether oxygens (including phenoxy) is 2. The summed E-state index contributed by atoms with van der Waals surface area (Å²) in [5, 5.41) is 15.6. The molecule has 2 fully saturated rings. The number of pyridine rings is 2. The lowest BCUT2D eigenvalue weighted by Crippen LogP contribution is -2.56. The molecule has 3 aromatic rings. The van der Waals surface area contributed by atoms with E-state index in [0.29, 0.717) is 53.4 Å². The van der Waals surface area contributed by atoms with E-state index < -0.39 is 12.0 Å². The zero-order valence-electron chi connectivity index (χ0n) is 32.2. The fourth-order valence-corrected chi connectivity index (χ4v) is 7.77. The molecule has 0 radical (unpaired) electrons. The van der Waals surface area contributed by atoms with Gasteiger partial charge in [0.1, 0.15) is 17.3 Å². The molecule has 5 aliphatic rings. The minimum atomic E-state index is -0.857. The summed E-state index contributed by atoms with van der Waals surface area (Å²) in [5.74, 6) is 0.341. The van der Waals surface area contributed by atoms with Crippen LogP contribution in [0.2, 0.25) is 0 Å². The largest absolute Gasteiger partial charge is 0.468 e. The number of amides is 1. The van der Waals surface area contributed by atoms with Gasteiger partial charge in [-0.05, 0) is 48.1 Å². The summed E-state index contributed by atoms with van der Waals surface area (Å²) < 4.78 is 12.6. The first-order chi connectivity index (χ1) is 25.7. The average Bonchev–Trinajstić information content (AvgIpc) is 3.83. The zero-order chi connectivity index (χ0) is 37.9. The lowest BCUT2D eigenvalue weighted by Gasteiger charge is -2.43. The number of aliphatic hydroxyl groups excluding tert-OH is 1.